The van der Waals surface area contributed by atoms with E-state index in [0.29, 0.717) is 6.54 Å². The third-order valence-corrected chi connectivity index (χ3v) is 3.23. The normalized spacial score (nSPS) is 10.1. The highest BCUT2D eigenvalue weighted by molar-refractivity contribution is 5.89. The Bertz CT molecular complexity index is 549. The number of aryl methyl sites for hydroxylation is 1. The fourth-order valence-corrected chi connectivity index (χ4v) is 1.90. The molecule has 2 aromatic carbocycles. The first-order valence-corrected chi connectivity index (χ1v) is 6.78. The molecule has 0 saturated carbocycles. The second kappa shape index (κ2) is 6.75. The fraction of sp³-hybridized carbons (Fsp3) is 0.235. The molecule has 2 aromatic rings. The minimum Gasteiger partial charge on any atom is -0.327 e. The van der Waals surface area contributed by atoms with Crippen molar-refractivity contribution in [1.82, 2.24) is 4.90 Å². The van der Waals surface area contributed by atoms with Crippen LogP contribution in [0.2, 0.25) is 0 Å². The Morgan fingerprint density at radius 2 is 1.70 bits per heavy atom. The van der Waals surface area contributed by atoms with Crippen molar-refractivity contribution in [2.45, 2.75) is 13.3 Å². The Labute approximate surface area is 120 Å². The summed E-state index contributed by atoms with van der Waals surface area (Å²) in [6, 6.07) is 17.9. The number of carbonyl (C=O) groups excluding carboxylic acids is 1. The molecule has 2 amide bonds. The van der Waals surface area contributed by atoms with E-state index in [1.807, 2.05) is 56.4 Å². The zero-order valence-electron chi connectivity index (χ0n) is 12.0. The number of rotatable bonds is 4. The Morgan fingerprint density at radius 3 is 2.35 bits per heavy atom. The first kappa shape index (κ1) is 14.1. The van der Waals surface area contributed by atoms with Crippen LogP contribution in [0, 0.1) is 6.92 Å². The predicted octanol–water partition coefficient (Wildman–Crippen LogP) is 3.70. The SMILES string of the molecule is Cc1ccc(NC(=O)N(C)CCc2ccccc2)cc1. The second-order valence-corrected chi connectivity index (χ2v) is 4.95. The standard InChI is InChI=1S/C17H20N2O/c1-14-8-10-16(11-9-14)18-17(20)19(2)13-12-15-6-4-3-5-7-15/h3-11H,12-13H2,1-2H3,(H,18,20). The molecule has 0 aromatic heterocycles. The molecule has 0 atom stereocenters. The number of anilines is 1. The van der Waals surface area contributed by atoms with Gasteiger partial charge >= 0.3 is 6.03 Å². The van der Waals surface area contributed by atoms with Crippen LogP contribution in [0.5, 0.6) is 0 Å². The van der Waals surface area contributed by atoms with Gasteiger partial charge < -0.3 is 10.2 Å². The van der Waals surface area contributed by atoms with Crippen molar-refractivity contribution in [2.75, 3.05) is 18.9 Å². The highest BCUT2D eigenvalue weighted by atomic mass is 16.2. The Hall–Kier alpha value is -2.29. The van der Waals surface area contributed by atoms with Gasteiger partial charge in [0.15, 0.2) is 0 Å². The van der Waals surface area contributed by atoms with Gasteiger partial charge in [0.2, 0.25) is 0 Å². The number of likely N-dealkylation sites (N-methyl/N-ethyl adjacent to an activating group) is 1. The van der Waals surface area contributed by atoms with Crippen LogP contribution in [-0.4, -0.2) is 24.5 Å². The van der Waals surface area contributed by atoms with E-state index in [4.69, 9.17) is 0 Å². The van der Waals surface area contributed by atoms with Crippen molar-refractivity contribution in [3.63, 3.8) is 0 Å². The third-order valence-electron chi connectivity index (χ3n) is 3.23. The van der Waals surface area contributed by atoms with E-state index in [1.54, 1.807) is 4.90 Å². The molecule has 1 N–H and O–H groups in total. The van der Waals surface area contributed by atoms with Gasteiger partial charge in [0.25, 0.3) is 0 Å². The van der Waals surface area contributed by atoms with Crippen LogP contribution in [0.25, 0.3) is 0 Å². The molecule has 0 unspecified atom stereocenters. The number of hydrogen-bond donors (Lipinski definition) is 1. The molecule has 3 heteroatoms. The van der Waals surface area contributed by atoms with Crippen LogP contribution in [0.3, 0.4) is 0 Å². The maximum absolute atomic E-state index is 12.0. The van der Waals surface area contributed by atoms with Crippen LogP contribution in [0.4, 0.5) is 10.5 Å². The molecule has 2 rings (SSSR count). The molecule has 0 saturated heterocycles. The van der Waals surface area contributed by atoms with E-state index < -0.39 is 0 Å². The predicted molar refractivity (Wildman–Crippen MR) is 83.0 cm³/mol. The maximum Gasteiger partial charge on any atom is 0.321 e. The number of nitrogens with one attached hydrogen (secondary N) is 1. The van der Waals surface area contributed by atoms with Crippen LogP contribution >= 0.6 is 0 Å². The molecule has 0 bridgehead atoms. The minimum atomic E-state index is -0.0789. The van der Waals surface area contributed by atoms with Crippen molar-refractivity contribution in [1.29, 1.82) is 0 Å². The Kier molecular flexibility index (Phi) is 4.77. The van der Waals surface area contributed by atoms with Crippen LogP contribution in [0.1, 0.15) is 11.1 Å². The molecule has 3 nitrogen and oxygen atoms in total. The molecule has 104 valence electrons. The molecule has 0 fully saturated rings. The largest absolute Gasteiger partial charge is 0.327 e. The lowest BCUT2D eigenvalue weighted by atomic mass is 10.1. The summed E-state index contributed by atoms with van der Waals surface area (Å²) in [5.74, 6) is 0. The fourth-order valence-electron chi connectivity index (χ4n) is 1.90. The summed E-state index contributed by atoms with van der Waals surface area (Å²) in [5.41, 5.74) is 3.25. The number of benzene rings is 2. The lowest BCUT2D eigenvalue weighted by Gasteiger charge is -2.18. The number of amides is 2. The van der Waals surface area contributed by atoms with Crippen molar-refractivity contribution in [3.05, 3.63) is 65.7 Å². The summed E-state index contributed by atoms with van der Waals surface area (Å²) in [6.07, 6.45) is 0.860. The molecular weight excluding hydrogens is 248 g/mol. The lowest BCUT2D eigenvalue weighted by molar-refractivity contribution is 0.223. The highest BCUT2D eigenvalue weighted by Gasteiger charge is 2.08. The maximum atomic E-state index is 12.0. The van der Waals surface area contributed by atoms with Crippen LogP contribution in [0.15, 0.2) is 54.6 Å². The summed E-state index contributed by atoms with van der Waals surface area (Å²) < 4.78 is 0. The van der Waals surface area contributed by atoms with Gasteiger partial charge in [-0.05, 0) is 31.0 Å². The van der Waals surface area contributed by atoms with Gasteiger partial charge in [-0.15, -0.1) is 0 Å². The molecule has 0 heterocycles. The molecular formula is C17H20N2O. The zero-order chi connectivity index (χ0) is 14.4. The van der Waals surface area contributed by atoms with Gasteiger partial charge in [-0.2, -0.15) is 0 Å². The van der Waals surface area contributed by atoms with Crippen LogP contribution in [-0.2, 0) is 6.42 Å². The number of nitrogens with zero attached hydrogens (tertiary/aromatic N) is 1. The quantitative estimate of drug-likeness (QED) is 0.901. The zero-order valence-corrected chi connectivity index (χ0v) is 12.0. The monoisotopic (exact) mass is 268 g/mol. The molecule has 0 aliphatic heterocycles. The van der Waals surface area contributed by atoms with E-state index in [0.717, 1.165) is 12.1 Å². The molecule has 0 aliphatic rings. The van der Waals surface area contributed by atoms with Crippen molar-refractivity contribution in [3.8, 4) is 0 Å². The van der Waals surface area contributed by atoms with Gasteiger partial charge in [-0.1, -0.05) is 48.0 Å². The molecule has 0 radical (unpaired) electrons. The third kappa shape index (κ3) is 4.12. The average Bonchev–Trinajstić information content (AvgIpc) is 2.48. The summed E-state index contributed by atoms with van der Waals surface area (Å²) in [4.78, 5) is 13.7. The summed E-state index contributed by atoms with van der Waals surface area (Å²) in [6.45, 7) is 2.72. The minimum absolute atomic E-state index is 0.0789. The van der Waals surface area contributed by atoms with E-state index in [9.17, 15) is 4.79 Å². The average molecular weight is 268 g/mol. The molecule has 0 spiro atoms. The van der Waals surface area contributed by atoms with Gasteiger partial charge in [0, 0.05) is 19.3 Å². The van der Waals surface area contributed by atoms with Crippen molar-refractivity contribution in [2.24, 2.45) is 0 Å². The van der Waals surface area contributed by atoms with E-state index >= 15 is 0 Å². The smallest absolute Gasteiger partial charge is 0.321 e. The van der Waals surface area contributed by atoms with Gasteiger partial charge in [-0.3, -0.25) is 0 Å². The first-order chi connectivity index (χ1) is 9.65. The first-order valence-electron chi connectivity index (χ1n) is 6.78. The van der Waals surface area contributed by atoms with Gasteiger partial charge in [0.05, 0.1) is 0 Å². The van der Waals surface area contributed by atoms with E-state index in [2.05, 4.69) is 17.4 Å². The highest BCUT2D eigenvalue weighted by Crippen LogP contribution is 2.09. The number of urea groups is 1. The van der Waals surface area contributed by atoms with Crippen molar-refractivity contribution < 1.29 is 4.79 Å². The van der Waals surface area contributed by atoms with Crippen LogP contribution < -0.4 is 5.32 Å². The lowest BCUT2D eigenvalue weighted by Crippen LogP contribution is -2.32. The molecule has 20 heavy (non-hydrogen) atoms. The van der Waals surface area contributed by atoms with Crippen molar-refractivity contribution >= 4 is 11.7 Å². The van der Waals surface area contributed by atoms with Gasteiger partial charge in [-0.25, -0.2) is 4.79 Å². The van der Waals surface area contributed by atoms with Gasteiger partial charge in [0.1, 0.15) is 0 Å². The summed E-state index contributed by atoms with van der Waals surface area (Å²) in [5, 5.41) is 2.89. The molecule has 0 aliphatic carbocycles. The number of hydrogen-bond acceptors (Lipinski definition) is 1. The topological polar surface area (TPSA) is 32.3 Å². The Morgan fingerprint density at radius 1 is 1.05 bits per heavy atom. The Balaban J connectivity index is 1.84. The number of carbonyl (C=O) groups is 1. The summed E-state index contributed by atoms with van der Waals surface area (Å²) >= 11 is 0. The summed E-state index contributed by atoms with van der Waals surface area (Å²) in [7, 11) is 1.81. The van der Waals surface area contributed by atoms with E-state index in [1.165, 1.54) is 11.1 Å². The second-order valence-electron chi connectivity index (χ2n) is 4.95. The van der Waals surface area contributed by atoms with E-state index in [-0.39, 0.29) is 6.03 Å².